The van der Waals surface area contributed by atoms with Crippen LogP contribution >= 0.6 is 23.2 Å². The third-order valence-electron chi connectivity index (χ3n) is 3.94. The number of anilines is 1. The number of halogens is 2. The zero-order valence-electron chi connectivity index (χ0n) is 13.6. The van der Waals surface area contributed by atoms with Crippen molar-refractivity contribution in [2.75, 3.05) is 11.9 Å². The fourth-order valence-electron chi connectivity index (χ4n) is 2.68. The smallest absolute Gasteiger partial charge is 0.282 e. The number of nitrogens with zero attached hydrogens (tertiary/aromatic N) is 2. The molecule has 0 fully saturated rings. The highest BCUT2D eigenvalue weighted by Gasteiger charge is 2.40. The lowest BCUT2D eigenvalue weighted by molar-refractivity contribution is -0.385. The Hall–Kier alpha value is -2.97. The molecule has 0 bridgehead atoms. The molecule has 1 N–H and O–H groups in total. The standard InChI is InChI=1S/C17H11Cl2N3O5/c18-11-5-4-9(8-12(11)19)20-14(23)6-7-21-16(24)10-2-1-3-13(22(26)27)15(10)17(21)25/h1-5,8H,6-7H2,(H,20,23). The maximum Gasteiger partial charge on any atom is 0.282 e. The van der Waals surface area contributed by atoms with Crippen LogP contribution in [0.1, 0.15) is 27.1 Å². The van der Waals surface area contributed by atoms with Crippen LogP contribution in [0.5, 0.6) is 0 Å². The summed E-state index contributed by atoms with van der Waals surface area (Å²) in [5, 5.41) is 14.3. The minimum absolute atomic E-state index is 0.0425. The van der Waals surface area contributed by atoms with E-state index in [0.717, 1.165) is 11.0 Å². The van der Waals surface area contributed by atoms with Gasteiger partial charge in [-0.2, -0.15) is 0 Å². The highest BCUT2D eigenvalue weighted by molar-refractivity contribution is 6.42. The first kappa shape index (κ1) is 18.8. The summed E-state index contributed by atoms with van der Waals surface area (Å²) in [6.45, 7) is -0.212. The van der Waals surface area contributed by atoms with Crippen molar-refractivity contribution in [3.05, 3.63) is 67.7 Å². The van der Waals surface area contributed by atoms with Gasteiger partial charge in [-0.15, -0.1) is 0 Å². The number of imide groups is 1. The molecule has 1 aliphatic rings. The summed E-state index contributed by atoms with van der Waals surface area (Å²) in [5.41, 5.74) is -0.322. The predicted octanol–water partition coefficient (Wildman–Crippen LogP) is 3.53. The number of amides is 3. The van der Waals surface area contributed by atoms with Crippen molar-refractivity contribution in [3.8, 4) is 0 Å². The SMILES string of the molecule is O=C(CCN1C(=O)c2cccc([N+](=O)[O-])c2C1=O)Nc1ccc(Cl)c(Cl)c1. The van der Waals surface area contributed by atoms with E-state index in [2.05, 4.69) is 5.32 Å². The van der Waals surface area contributed by atoms with E-state index in [-0.39, 0.29) is 29.1 Å². The summed E-state index contributed by atoms with van der Waals surface area (Å²) in [4.78, 5) is 48.0. The molecule has 10 heteroatoms. The highest BCUT2D eigenvalue weighted by atomic mass is 35.5. The molecule has 0 saturated carbocycles. The largest absolute Gasteiger partial charge is 0.326 e. The minimum atomic E-state index is -0.787. The van der Waals surface area contributed by atoms with E-state index in [1.807, 2.05) is 0 Å². The Bertz CT molecular complexity index is 993. The maximum absolute atomic E-state index is 12.4. The molecule has 27 heavy (non-hydrogen) atoms. The van der Waals surface area contributed by atoms with Gasteiger partial charge in [0.05, 0.1) is 20.5 Å². The number of carbonyl (C=O) groups is 3. The van der Waals surface area contributed by atoms with E-state index in [1.54, 1.807) is 6.07 Å². The van der Waals surface area contributed by atoms with Crippen LogP contribution in [0.2, 0.25) is 10.0 Å². The van der Waals surface area contributed by atoms with Crippen molar-refractivity contribution in [1.82, 2.24) is 4.90 Å². The van der Waals surface area contributed by atoms with Gasteiger partial charge in [-0.25, -0.2) is 0 Å². The van der Waals surface area contributed by atoms with Crippen molar-refractivity contribution in [3.63, 3.8) is 0 Å². The van der Waals surface area contributed by atoms with E-state index in [9.17, 15) is 24.5 Å². The predicted molar refractivity (Wildman–Crippen MR) is 98.2 cm³/mol. The van der Waals surface area contributed by atoms with Gasteiger partial charge in [-0.05, 0) is 24.3 Å². The third-order valence-corrected chi connectivity index (χ3v) is 4.68. The number of nitrogens with one attached hydrogen (secondary N) is 1. The summed E-state index contributed by atoms with van der Waals surface area (Å²) in [6.07, 6.45) is -0.181. The number of hydrogen-bond acceptors (Lipinski definition) is 5. The molecule has 0 saturated heterocycles. The van der Waals surface area contributed by atoms with Gasteiger partial charge in [-0.1, -0.05) is 29.3 Å². The van der Waals surface area contributed by atoms with Crippen LogP contribution in [0.25, 0.3) is 0 Å². The number of benzene rings is 2. The Morgan fingerprint density at radius 3 is 2.52 bits per heavy atom. The zero-order chi connectivity index (χ0) is 19.7. The average Bonchev–Trinajstić information content (AvgIpc) is 2.87. The molecule has 2 aromatic carbocycles. The molecule has 0 radical (unpaired) electrons. The second kappa shape index (κ2) is 7.34. The lowest BCUT2D eigenvalue weighted by Crippen LogP contribution is -2.33. The number of fused-ring (bicyclic) bond motifs is 1. The second-order valence-corrected chi connectivity index (χ2v) is 6.46. The molecule has 3 rings (SSSR count). The Balaban J connectivity index is 1.70. The van der Waals surface area contributed by atoms with E-state index in [1.165, 1.54) is 24.3 Å². The van der Waals surface area contributed by atoms with Gasteiger partial charge in [0.25, 0.3) is 17.5 Å². The first-order valence-corrected chi connectivity index (χ1v) is 8.43. The lowest BCUT2D eigenvalue weighted by Gasteiger charge is -2.13. The molecule has 0 spiro atoms. The van der Waals surface area contributed by atoms with Crippen LogP contribution in [0, 0.1) is 10.1 Å². The number of nitro benzene ring substituents is 1. The molecule has 138 valence electrons. The number of hydrogen-bond donors (Lipinski definition) is 1. The Morgan fingerprint density at radius 2 is 1.85 bits per heavy atom. The van der Waals surface area contributed by atoms with Crippen LogP contribution < -0.4 is 5.32 Å². The van der Waals surface area contributed by atoms with Crippen LogP contribution in [0.15, 0.2) is 36.4 Å². The molecule has 1 heterocycles. The molecule has 1 aliphatic heterocycles. The molecule has 0 atom stereocenters. The molecule has 3 amide bonds. The van der Waals surface area contributed by atoms with Gasteiger partial charge in [0, 0.05) is 24.7 Å². The van der Waals surface area contributed by atoms with Crippen molar-refractivity contribution in [2.45, 2.75) is 6.42 Å². The van der Waals surface area contributed by atoms with Gasteiger partial charge in [0.2, 0.25) is 5.91 Å². The van der Waals surface area contributed by atoms with Crippen LogP contribution in [0.3, 0.4) is 0 Å². The van der Waals surface area contributed by atoms with Crippen molar-refractivity contribution < 1.29 is 19.3 Å². The van der Waals surface area contributed by atoms with E-state index >= 15 is 0 Å². The van der Waals surface area contributed by atoms with Crippen molar-refractivity contribution >= 4 is 52.3 Å². The quantitative estimate of drug-likeness (QED) is 0.463. The Morgan fingerprint density at radius 1 is 1.11 bits per heavy atom. The number of rotatable bonds is 5. The second-order valence-electron chi connectivity index (χ2n) is 5.65. The topological polar surface area (TPSA) is 110 Å². The van der Waals surface area contributed by atoms with Crippen molar-refractivity contribution in [2.24, 2.45) is 0 Å². The summed E-state index contributed by atoms with van der Waals surface area (Å²) < 4.78 is 0. The lowest BCUT2D eigenvalue weighted by atomic mass is 10.1. The molecule has 8 nitrogen and oxygen atoms in total. The van der Waals surface area contributed by atoms with Crippen LogP contribution in [0.4, 0.5) is 11.4 Å². The van der Waals surface area contributed by atoms with E-state index < -0.39 is 28.3 Å². The van der Waals surface area contributed by atoms with Gasteiger partial charge >= 0.3 is 0 Å². The maximum atomic E-state index is 12.4. The molecular formula is C17H11Cl2N3O5. The van der Waals surface area contributed by atoms with Crippen molar-refractivity contribution in [1.29, 1.82) is 0 Å². The molecule has 0 unspecified atom stereocenters. The van der Waals surface area contributed by atoms with Crippen LogP contribution in [-0.2, 0) is 4.79 Å². The number of nitro groups is 1. The Kier molecular flexibility index (Phi) is 5.11. The first-order chi connectivity index (χ1) is 12.8. The molecule has 0 aliphatic carbocycles. The van der Waals surface area contributed by atoms with Gasteiger partial charge in [-0.3, -0.25) is 29.4 Å². The highest BCUT2D eigenvalue weighted by Crippen LogP contribution is 2.31. The molecule has 0 aromatic heterocycles. The third kappa shape index (κ3) is 3.62. The van der Waals surface area contributed by atoms with Crippen LogP contribution in [-0.4, -0.2) is 34.1 Å². The van der Waals surface area contributed by atoms with Gasteiger partial charge in [0.1, 0.15) is 5.56 Å². The monoisotopic (exact) mass is 407 g/mol. The average molecular weight is 408 g/mol. The number of carbonyl (C=O) groups excluding carboxylic acids is 3. The Labute approximate surface area is 162 Å². The molecule has 2 aromatic rings. The van der Waals surface area contributed by atoms with E-state index in [4.69, 9.17) is 23.2 Å². The summed E-state index contributed by atoms with van der Waals surface area (Å²) >= 11 is 11.7. The molecular weight excluding hydrogens is 397 g/mol. The minimum Gasteiger partial charge on any atom is -0.326 e. The fraction of sp³-hybridized carbons (Fsp3) is 0.118. The zero-order valence-corrected chi connectivity index (χ0v) is 15.1. The normalized spacial score (nSPS) is 12.9. The van der Waals surface area contributed by atoms with E-state index in [0.29, 0.717) is 10.7 Å². The summed E-state index contributed by atoms with van der Waals surface area (Å²) in [7, 11) is 0. The fourth-order valence-corrected chi connectivity index (χ4v) is 2.98. The summed E-state index contributed by atoms with van der Waals surface area (Å²) in [5.74, 6) is -1.91. The first-order valence-electron chi connectivity index (χ1n) is 7.68. The van der Waals surface area contributed by atoms with Gasteiger partial charge < -0.3 is 5.32 Å². The van der Waals surface area contributed by atoms with Gasteiger partial charge in [0.15, 0.2) is 0 Å². The summed E-state index contributed by atoms with van der Waals surface area (Å²) in [6, 6.07) is 8.37.